The van der Waals surface area contributed by atoms with Crippen molar-refractivity contribution in [1.82, 2.24) is 9.80 Å². The van der Waals surface area contributed by atoms with Crippen LogP contribution >= 0.6 is 11.6 Å². The van der Waals surface area contributed by atoms with Gasteiger partial charge in [-0.15, -0.1) is 0 Å². The number of hydrogen-bond acceptors (Lipinski definition) is 5. The number of ether oxygens (including phenoxy) is 2. The van der Waals surface area contributed by atoms with Crippen molar-refractivity contribution in [2.45, 2.75) is 32.6 Å². The number of piperidine rings is 1. The monoisotopic (exact) mass is 424 g/mol. The summed E-state index contributed by atoms with van der Waals surface area (Å²) in [5.41, 5.74) is 0.935. The zero-order valence-electron chi connectivity index (χ0n) is 17.3. The van der Waals surface area contributed by atoms with Crippen LogP contribution in [0.15, 0.2) is 18.2 Å². The molecule has 1 aliphatic heterocycles. The Morgan fingerprint density at radius 1 is 1.24 bits per heavy atom. The minimum absolute atomic E-state index is 0.0340. The van der Waals surface area contributed by atoms with Gasteiger partial charge in [0.15, 0.2) is 0 Å². The molecule has 2 amide bonds. The fraction of sp³-hybridized carbons (Fsp3) is 0.571. The fourth-order valence-corrected chi connectivity index (χ4v) is 3.60. The number of likely N-dealkylation sites (N-methyl/N-ethyl adjacent to an activating group) is 1. The summed E-state index contributed by atoms with van der Waals surface area (Å²) in [6.07, 6.45) is 2.02. The molecule has 1 heterocycles. The first-order valence-electron chi connectivity index (χ1n) is 9.86. The Kier molecular flexibility index (Phi) is 8.76. The molecule has 160 valence electrons. The van der Waals surface area contributed by atoms with Crippen LogP contribution in [0.3, 0.4) is 0 Å². The predicted molar refractivity (Wildman–Crippen MR) is 110 cm³/mol. The first-order chi connectivity index (χ1) is 13.8. The molecule has 0 unspecified atom stereocenters. The van der Waals surface area contributed by atoms with Gasteiger partial charge in [-0.25, -0.2) is 0 Å². The summed E-state index contributed by atoms with van der Waals surface area (Å²) in [6, 6.07) is 5.43. The summed E-state index contributed by atoms with van der Waals surface area (Å²) in [5.74, 6) is 0.0544. The maximum absolute atomic E-state index is 12.5. The third-order valence-electron chi connectivity index (χ3n) is 5.11. The molecular weight excluding hydrogens is 396 g/mol. The van der Waals surface area contributed by atoms with Gasteiger partial charge in [0, 0.05) is 26.6 Å². The number of rotatable bonds is 8. The molecule has 1 fully saturated rings. The van der Waals surface area contributed by atoms with E-state index in [-0.39, 0.29) is 36.7 Å². The summed E-state index contributed by atoms with van der Waals surface area (Å²) in [5, 5.41) is 0.507. The number of carbonyl (C=O) groups excluding carboxylic acids is 3. The topological polar surface area (TPSA) is 76.2 Å². The first-order valence-corrected chi connectivity index (χ1v) is 10.2. The lowest BCUT2D eigenvalue weighted by atomic mass is 9.97. The third kappa shape index (κ3) is 6.63. The smallest absolute Gasteiger partial charge is 0.309 e. The van der Waals surface area contributed by atoms with E-state index in [2.05, 4.69) is 0 Å². The SMILES string of the molecule is CCOC(=O)C1CCN(C(=O)CN(C)C(=O)CCc2ccc(OC)c(Cl)c2)CC1. The molecular formula is C21H29ClN2O5. The molecule has 2 rings (SSSR count). The van der Waals surface area contributed by atoms with E-state index in [0.29, 0.717) is 49.7 Å². The molecule has 8 heteroatoms. The normalized spacial score (nSPS) is 14.4. The first kappa shape index (κ1) is 23.0. The largest absolute Gasteiger partial charge is 0.495 e. The number of aryl methyl sites for hydroxylation is 1. The summed E-state index contributed by atoms with van der Waals surface area (Å²) >= 11 is 6.11. The van der Waals surface area contributed by atoms with Gasteiger partial charge < -0.3 is 19.3 Å². The number of amides is 2. The molecule has 1 aromatic rings. The Bertz CT molecular complexity index is 732. The van der Waals surface area contributed by atoms with Crippen LogP contribution in [0, 0.1) is 5.92 Å². The van der Waals surface area contributed by atoms with Crippen molar-refractivity contribution in [3.63, 3.8) is 0 Å². The lowest BCUT2D eigenvalue weighted by Crippen LogP contribution is -2.45. The maximum atomic E-state index is 12.5. The Labute approximate surface area is 176 Å². The van der Waals surface area contributed by atoms with Gasteiger partial charge in [-0.05, 0) is 43.9 Å². The molecule has 0 aromatic heterocycles. The van der Waals surface area contributed by atoms with Crippen LogP contribution in [0.25, 0.3) is 0 Å². The summed E-state index contributed by atoms with van der Waals surface area (Å²) in [4.78, 5) is 39.8. The zero-order chi connectivity index (χ0) is 21.4. The van der Waals surface area contributed by atoms with Crippen LogP contribution in [0.4, 0.5) is 0 Å². The van der Waals surface area contributed by atoms with Crippen molar-refractivity contribution in [1.29, 1.82) is 0 Å². The highest BCUT2D eigenvalue weighted by Crippen LogP contribution is 2.25. The highest BCUT2D eigenvalue weighted by molar-refractivity contribution is 6.32. The summed E-state index contributed by atoms with van der Waals surface area (Å²) in [7, 11) is 3.18. The highest BCUT2D eigenvalue weighted by atomic mass is 35.5. The zero-order valence-corrected chi connectivity index (χ0v) is 18.0. The molecule has 0 aliphatic carbocycles. The number of halogens is 1. The van der Waals surface area contributed by atoms with Crippen molar-refractivity contribution in [3.8, 4) is 5.75 Å². The van der Waals surface area contributed by atoms with Crippen LogP contribution in [-0.2, 0) is 25.5 Å². The summed E-state index contributed by atoms with van der Waals surface area (Å²) in [6.45, 7) is 3.20. The molecule has 0 bridgehead atoms. The second-order valence-electron chi connectivity index (χ2n) is 7.13. The van der Waals surface area contributed by atoms with Crippen molar-refractivity contribution in [2.75, 3.05) is 40.4 Å². The number of methoxy groups -OCH3 is 1. The molecule has 1 saturated heterocycles. The molecule has 0 spiro atoms. The molecule has 1 aromatic carbocycles. The molecule has 0 saturated carbocycles. The highest BCUT2D eigenvalue weighted by Gasteiger charge is 2.28. The van der Waals surface area contributed by atoms with E-state index in [1.54, 1.807) is 38.1 Å². The van der Waals surface area contributed by atoms with Crippen LogP contribution in [-0.4, -0.2) is 68.0 Å². The lowest BCUT2D eigenvalue weighted by Gasteiger charge is -2.32. The van der Waals surface area contributed by atoms with Crippen molar-refractivity contribution < 1.29 is 23.9 Å². The van der Waals surface area contributed by atoms with Gasteiger partial charge in [-0.3, -0.25) is 14.4 Å². The molecule has 7 nitrogen and oxygen atoms in total. The van der Waals surface area contributed by atoms with Crippen LogP contribution in [0.5, 0.6) is 5.75 Å². The van der Waals surface area contributed by atoms with Crippen molar-refractivity contribution >= 4 is 29.4 Å². The quantitative estimate of drug-likeness (QED) is 0.599. The average molecular weight is 425 g/mol. The van der Waals surface area contributed by atoms with E-state index in [9.17, 15) is 14.4 Å². The predicted octanol–water partition coefficient (Wildman–Crippen LogP) is 2.54. The maximum Gasteiger partial charge on any atom is 0.309 e. The van der Waals surface area contributed by atoms with E-state index in [4.69, 9.17) is 21.1 Å². The van der Waals surface area contributed by atoms with E-state index < -0.39 is 0 Å². The average Bonchev–Trinajstić information content (AvgIpc) is 2.72. The van der Waals surface area contributed by atoms with Gasteiger partial charge in [0.1, 0.15) is 5.75 Å². The van der Waals surface area contributed by atoms with Gasteiger partial charge in [0.05, 0.1) is 31.2 Å². The number of nitrogens with zero attached hydrogens (tertiary/aromatic N) is 2. The Morgan fingerprint density at radius 2 is 1.93 bits per heavy atom. The van der Waals surface area contributed by atoms with Gasteiger partial charge in [0.25, 0.3) is 0 Å². The molecule has 0 radical (unpaired) electrons. The number of carbonyl (C=O) groups is 3. The Hall–Kier alpha value is -2.28. The molecule has 1 aliphatic rings. The Morgan fingerprint density at radius 3 is 2.52 bits per heavy atom. The van der Waals surface area contributed by atoms with Crippen molar-refractivity contribution in [2.24, 2.45) is 5.92 Å². The van der Waals surface area contributed by atoms with E-state index in [1.807, 2.05) is 6.07 Å². The van der Waals surface area contributed by atoms with Gasteiger partial charge >= 0.3 is 5.97 Å². The van der Waals surface area contributed by atoms with E-state index >= 15 is 0 Å². The summed E-state index contributed by atoms with van der Waals surface area (Å²) < 4.78 is 10.2. The second kappa shape index (κ2) is 11.0. The van der Waals surface area contributed by atoms with Crippen LogP contribution < -0.4 is 4.74 Å². The Balaban J connectivity index is 1.77. The number of esters is 1. The minimum atomic E-state index is -0.189. The number of benzene rings is 1. The molecule has 0 N–H and O–H groups in total. The standard InChI is InChI=1S/C21H29ClN2O5/c1-4-29-21(27)16-9-11-24(12-10-16)20(26)14-23(2)19(25)8-6-15-5-7-18(28-3)17(22)13-15/h5,7,13,16H,4,6,8-12,14H2,1-3H3. The number of hydrogen-bond donors (Lipinski definition) is 0. The minimum Gasteiger partial charge on any atom is -0.495 e. The lowest BCUT2D eigenvalue weighted by molar-refractivity contribution is -0.151. The van der Waals surface area contributed by atoms with E-state index in [1.165, 1.54) is 4.90 Å². The van der Waals surface area contributed by atoms with Crippen LogP contribution in [0.2, 0.25) is 5.02 Å². The van der Waals surface area contributed by atoms with Crippen molar-refractivity contribution in [3.05, 3.63) is 28.8 Å². The van der Waals surface area contributed by atoms with Gasteiger partial charge in [-0.1, -0.05) is 17.7 Å². The molecule has 29 heavy (non-hydrogen) atoms. The van der Waals surface area contributed by atoms with Crippen LogP contribution in [0.1, 0.15) is 31.7 Å². The van der Waals surface area contributed by atoms with E-state index in [0.717, 1.165) is 5.56 Å². The second-order valence-corrected chi connectivity index (χ2v) is 7.53. The fourth-order valence-electron chi connectivity index (χ4n) is 3.32. The van der Waals surface area contributed by atoms with Gasteiger partial charge in [-0.2, -0.15) is 0 Å². The third-order valence-corrected chi connectivity index (χ3v) is 5.40. The van der Waals surface area contributed by atoms with Gasteiger partial charge in [0.2, 0.25) is 11.8 Å². The number of likely N-dealkylation sites (tertiary alicyclic amines) is 1. The molecule has 0 atom stereocenters.